The molecule has 1 aliphatic carbocycles. The molecule has 8 nitrogen and oxygen atoms in total. The van der Waals surface area contributed by atoms with Gasteiger partial charge >= 0.3 is 0 Å². The van der Waals surface area contributed by atoms with E-state index in [4.69, 9.17) is 15.7 Å². The minimum atomic E-state index is -0.450. The van der Waals surface area contributed by atoms with Crippen LogP contribution in [-0.4, -0.2) is 40.0 Å². The molecule has 0 bridgehead atoms. The molecular weight excluding hydrogens is 426 g/mol. The molecule has 1 amide bonds. The minimum absolute atomic E-state index is 0.131. The molecule has 8 heteroatoms. The summed E-state index contributed by atoms with van der Waals surface area (Å²) in [7, 11) is 1.93. The highest BCUT2D eigenvalue weighted by molar-refractivity contribution is 5.93. The van der Waals surface area contributed by atoms with Crippen molar-refractivity contribution in [2.45, 2.75) is 25.4 Å². The van der Waals surface area contributed by atoms with Crippen molar-refractivity contribution >= 4 is 23.1 Å². The Hall–Kier alpha value is -4.33. The number of hydrogen-bond acceptors (Lipinski definition) is 6. The largest absolute Gasteiger partial charge is 0.381 e. The highest BCUT2D eigenvalue weighted by atomic mass is 16.1. The van der Waals surface area contributed by atoms with Crippen LogP contribution in [0.1, 0.15) is 28.7 Å². The molecule has 2 aromatic heterocycles. The highest BCUT2D eigenvalue weighted by Gasteiger charge is 2.25. The SMILES string of the molecule is CCc1cccc(-c2[nH]c(N(C)c3ccc(C(N)=O)cc3)nc2C2=CC3NC=CNC3C=C2)n1. The number of nitrogens with zero attached hydrogens (tertiary/aromatic N) is 3. The first-order valence-corrected chi connectivity index (χ1v) is 11.3. The standard InChI is InChI=1S/C26H27N7O/c1-3-18-5-4-6-21(30-18)24-23(17-9-12-20-22(15-17)29-14-13-28-20)31-26(32-24)33(2)19-10-7-16(8-11-19)25(27)34/h4-15,20,22,28-29H,3H2,1-2H3,(H2,27,34)(H,31,32). The Labute approximate surface area is 198 Å². The number of aryl methyl sites for hydroxylation is 1. The van der Waals surface area contributed by atoms with E-state index >= 15 is 0 Å². The molecule has 0 spiro atoms. The van der Waals surface area contributed by atoms with Gasteiger partial charge in [-0.05, 0) is 42.8 Å². The van der Waals surface area contributed by atoms with Gasteiger partial charge in [0.15, 0.2) is 0 Å². The number of allylic oxidation sites excluding steroid dienone is 2. The van der Waals surface area contributed by atoms with Crippen LogP contribution < -0.4 is 21.3 Å². The topological polar surface area (TPSA) is 112 Å². The monoisotopic (exact) mass is 453 g/mol. The van der Waals surface area contributed by atoms with Crippen molar-refractivity contribution in [3.05, 3.63) is 90.0 Å². The van der Waals surface area contributed by atoms with Gasteiger partial charge in [-0.3, -0.25) is 9.78 Å². The lowest BCUT2D eigenvalue weighted by atomic mass is 9.94. The van der Waals surface area contributed by atoms with Crippen molar-refractivity contribution in [3.63, 3.8) is 0 Å². The fourth-order valence-corrected chi connectivity index (χ4v) is 4.17. The average molecular weight is 454 g/mol. The van der Waals surface area contributed by atoms with E-state index < -0.39 is 5.91 Å². The van der Waals surface area contributed by atoms with E-state index in [-0.39, 0.29) is 12.1 Å². The fourth-order valence-electron chi connectivity index (χ4n) is 4.17. The van der Waals surface area contributed by atoms with Gasteiger partial charge in [0, 0.05) is 42.0 Å². The minimum Gasteiger partial charge on any atom is -0.381 e. The first kappa shape index (κ1) is 21.5. The van der Waals surface area contributed by atoms with E-state index in [2.05, 4.69) is 40.8 Å². The molecule has 2 unspecified atom stereocenters. The zero-order chi connectivity index (χ0) is 23.7. The third-order valence-corrected chi connectivity index (χ3v) is 6.14. The van der Waals surface area contributed by atoms with E-state index in [1.165, 1.54) is 0 Å². The number of carbonyl (C=O) groups excluding carboxylic acids is 1. The number of aromatic nitrogens is 3. The Morgan fingerprint density at radius 2 is 1.82 bits per heavy atom. The van der Waals surface area contributed by atoms with E-state index in [9.17, 15) is 4.79 Å². The van der Waals surface area contributed by atoms with Gasteiger partial charge in [0.05, 0.1) is 29.2 Å². The van der Waals surface area contributed by atoms with Gasteiger partial charge in [-0.25, -0.2) is 4.98 Å². The van der Waals surface area contributed by atoms with Gasteiger partial charge in [0.2, 0.25) is 11.9 Å². The van der Waals surface area contributed by atoms with Gasteiger partial charge in [-0.1, -0.05) is 31.2 Å². The molecule has 5 N–H and O–H groups in total. The van der Waals surface area contributed by atoms with E-state index in [0.29, 0.717) is 11.5 Å². The lowest BCUT2D eigenvalue weighted by molar-refractivity contribution is 0.100. The molecule has 1 aromatic carbocycles. The molecule has 34 heavy (non-hydrogen) atoms. The molecule has 1 aliphatic heterocycles. The van der Waals surface area contributed by atoms with E-state index in [1.807, 2.05) is 54.7 Å². The molecule has 0 radical (unpaired) electrons. The van der Waals surface area contributed by atoms with Crippen molar-refractivity contribution in [1.29, 1.82) is 0 Å². The van der Waals surface area contributed by atoms with Crippen LogP contribution >= 0.6 is 0 Å². The number of H-pyrrole nitrogens is 1. The van der Waals surface area contributed by atoms with Crippen LogP contribution in [0.5, 0.6) is 0 Å². The summed E-state index contributed by atoms with van der Waals surface area (Å²) in [5.41, 5.74) is 11.3. The van der Waals surface area contributed by atoms with Crippen molar-refractivity contribution in [3.8, 4) is 11.4 Å². The number of benzene rings is 1. The van der Waals surface area contributed by atoms with Gasteiger partial charge in [-0.2, -0.15) is 0 Å². The van der Waals surface area contributed by atoms with Gasteiger partial charge in [0.1, 0.15) is 0 Å². The predicted molar refractivity (Wildman–Crippen MR) is 134 cm³/mol. The van der Waals surface area contributed by atoms with Crippen molar-refractivity contribution in [2.75, 3.05) is 11.9 Å². The molecule has 2 atom stereocenters. The summed E-state index contributed by atoms with van der Waals surface area (Å²) < 4.78 is 0. The zero-order valence-corrected chi connectivity index (χ0v) is 19.1. The van der Waals surface area contributed by atoms with Gasteiger partial charge in [-0.15, -0.1) is 0 Å². The van der Waals surface area contributed by atoms with Crippen LogP contribution in [0.15, 0.2) is 73.1 Å². The summed E-state index contributed by atoms with van der Waals surface area (Å²) in [5.74, 6) is 0.222. The van der Waals surface area contributed by atoms with Gasteiger partial charge in [0.25, 0.3) is 0 Å². The van der Waals surface area contributed by atoms with Crippen LogP contribution in [0, 0.1) is 0 Å². The number of anilines is 2. The average Bonchev–Trinajstić information content (AvgIpc) is 3.33. The molecule has 0 saturated heterocycles. The Morgan fingerprint density at radius 1 is 1.06 bits per heavy atom. The summed E-state index contributed by atoms with van der Waals surface area (Å²) in [6, 6.07) is 13.5. The number of aromatic amines is 1. The predicted octanol–water partition coefficient (Wildman–Crippen LogP) is 3.26. The lowest BCUT2D eigenvalue weighted by Crippen LogP contribution is -2.46. The number of fused-ring (bicyclic) bond motifs is 1. The molecule has 2 aliphatic rings. The number of nitrogens with two attached hydrogens (primary N) is 1. The number of nitrogens with one attached hydrogen (secondary N) is 3. The first-order valence-electron chi connectivity index (χ1n) is 11.3. The Bertz CT molecular complexity index is 1300. The number of primary amides is 1. The van der Waals surface area contributed by atoms with E-state index in [0.717, 1.165) is 40.5 Å². The molecule has 0 saturated carbocycles. The second kappa shape index (κ2) is 8.90. The summed E-state index contributed by atoms with van der Waals surface area (Å²) in [4.78, 5) is 26.7. The number of imidazole rings is 1. The molecule has 172 valence electrons. The summed E-state index contributed by atoms with van der Waals surface area (Å²) in [6.07, 6.45) is 11.1. The Morgan fingerprint density at radius 3 is 2.56 bits per heavy atom. The van der Waals surface area contributed by atoms with Crippen LogP contribution in [0.2, 0.25) is 0 Å². The summed E-state index contributed by atoms with van der Waals surface area (Å²) >= 11 is 0. The summed E-state index contributed by atoms with van der Waals surface area (Å²) in [5, 5.41) is 6.75. The number of hydrogen-bond donors (Lipinski definition) is 4. The highest BCUT2D eigenvalue weighted by Crippen LogP contribution is 2.33. The molecular formula is C26H27N7O. The Kier molecular flexibility index (Phi) is 5.63. The molecule has 0 fully saturated rings. The van der Waals surface area contributed by atoms with Crippen molar-refractivity contribution < 1.29 is 4.79 Å². The van der Waals surface area contributed by atoms with Crippen LogP contribution in [0.4, 0.5) is 11.6 Å². The fraction of sp³-hybridized carbons (Fsp3) is 0.192. The first-order chi connectivity index (χ1) is 16.5. The van der Waals surface area contributed by atoms with Crippen molar-refractivity contribution in [2.24, 2.45) is 5.73 Å². The maximum absolute atomic E-state index is 11.4. The number of carbonyl (C=O) groups is 1. The third kappa shape index (κ3) is 4.05. The summed E-state index contributed by atoms with van der Waals surface area (Å²) in [6.45, 7) is 2.09. The second-order valence-electron chi connectivity index (χ2n) is 8.32. The third-order valence-electron chi connectivity index (χ3n) is 6.14. The second-order valence-corrected chi connectivity index (χ2v) is 8.32. The molecule has 3 heterocycles. The molecule has 5 rings (SSSR count). The molecule has 3 aromatic rings. The van der Waals surface area contributed by atoms with Crippen LogP contribution in [0.25, 0.3) is 17.0 Å². The lowest BCUT2D eigenvalue weighted by Gasteiger charge is -2.29. The maximum Gasteiger partial charge on any atom is 0.248 e. The maximum atomic E-state index is 11.4. The number of rotatable bonds is 6. The van der Waals surface area contributed by atoms with Crippen molar-refractivity contribution in [1.82, 2.24) is 25.6 Å². The van der Waals surface area contributed by atoms with E-state index in [1.54, 1.807) is 12.1 Å². The van der Waals surface area contributed by atoms with Gasteiger partial charge < -0.3 is 26.3 Å². The smallest absolute Gasteiger partial charge is 0.248 e. The number of amides is 1. The van der Waals surface area contributed by atoms with Crippen LogP contribution in [-0.2, 0) is 6.42 Å². The normalized spacial score (nSPS) is 18.5. The quantitative estimate of drug-likeness (QED) is 0.456. The Balaban J connectivity index is 1.57. The number of pyridine rings is 1. The van der Waals surface area contributed by atoms with Crippen LogP contribution in [0.3, 0.4) is 0 Å². The zero-order valence-electron chi connectivity index (χ0n) is 19.1.